The van der Waals surface area contributed by atoms with Gasteiger partial charge in [0.25, 0.3) is 0 Å². The lowest BCUT2D eigenvalue weighted by molar-refractivity contribution is -0.150. The minimum atomic E-state index is -0.892. The molecule has 1 saturated heterocycles. The molecule has 0 aromatic rings. The second-order valence-electron chi connectivity index (χ2n) is 5.87. The Morgan fingerprint density at radius 2 is 2.20 bits per heavy atom. The number of carbonyl (C=O) groups excluding carboxylic acids is 1. The van der Waals surface area contributed by atoms with Gasteiger partial charge in [-0.15, -0.1) is 0 Å². The summed E-state index contributed by atoms with van der Waals surface area (Å²) in [4.78, 5) is 25.4. The van der Waals surface area contributed by atoms with E-state index in [-0.39, 0.29) is 11.8 Å². The van der Waals surface area contributed by atoms with Gasteiger partial charge in [-0.05, 0) is 37.5 Å². The average Bonchev–Trinajstić information content (AvgIpc) is 2.97. The van der Waals surface area contributed by atoms with Crippen molar-refractivity contribution in [2.45, 2.75) is 44.2 Å². The molecule has 20 heavy (non-hydrogen) atoms. The van der Waals surface area contributed by atoms with Crippen molar-refractivity contribution in [2.75, 3.05) is 20.3 Å². The van der Waals surface area contributed by atoms with Gasteiger partial charge in [-0.25, -0.2) is 4.79 Å². The van der Waals surface area contributed by atoms with Gasteiger partial charge in [0.05, 0.1) is 6.04 Å². The monoisotopic (exact) mass is 284 g/mol. The van der Waals surface area contributed by atoms with Crippen LogP contribution in [0.4, 0.5) is 0 Å². The van der Waals surface area contributed by atoms with E-state index in [4.69, 9.17) is 10.5 Å². The lowest BCUT2D eigenvalue weighted by atomic mass is 9.94. The van der Waals surface area contributed by atoms with Crippen LogP contribution in [0.5, 0.6) is 0 Å². The maximum absolute atomic E-state index is 12.4. The number of fused-ring (bicyclic) bond motifs is 1. The maximum atomic E-state index is 12.4. The van der Waals surface area contributed by atoms with Gasteiger partial charge in [0, 0.05) is 20.3 Å². The first-order chi connectivity index (χ1) is 9.56. The van der Waals surface area contributed by atoms with Gasteiger partial charge in [-0.1, -0.05) is 6.42 Å². The largest absolute Gasteiger partial charge is 0.480 e. The molecular formula is C14H24N2O4. The molecule has 4 unspecified atom stereocenters. The molecule has 4 atom stereocenters. The van der Waals surface area contributed by atoms with Crippen molar-refractivity contribution >= 4 is 11.9 Å². The van der Waals surface area contributed by atoms with Crippen LogP contribution in [0.1, 0.15) is 32.1 Å². The summed E-state index contributed by atoms with van der Waals surface area (Å²) in [6.45, 7) is 1.12. The van der Waals surface area contributed by atoms with Crippen LogP contribution in [-0.4, -0.2) is 54.2 Å². The first kappa shape index (κ1) is 15.3. The van der Waals surface area contributed by atoms with E-state index in [1.807, 2.05) is 0 Å². The Morgan fingerprint density at radius 3 is 2.85 bits per heavy atom. The molecule has 2 aliphatic rings. The first-order valence-corrected chi connectivity index (χ1v) is 7.34. The number of amides is 1. The molecule has 1 aliphatic heterocycles. The zero-order valence-electron chi connectivity index (χ0n) is 12.0. The zero-order chi connectivity index (χ0) is 14.7. The zero-order valence-corrected chi connectivity index (χ0v) is 12.0. The van der Waals surface area contributed by atoms with Crippen molar-refractivity contribution in [3.05, 3.63) is 0 Å². The topological polar surface area (TPSA) is 92.9 Å². The number of nitrogens with zero attached hydrogens (tertiary/aromatic N) is 1. The number of carboxylic acids is 1. The number of carboxylic acid groups (broad SMARTS) is 1. The summed E-state index contributed by atoms with van der Waals surface area (Å²) in [7, 11) is 1.61. The van der Waals surface area contributed by atoms with E-state index in [9.17, 15) is 14.7 Å². The predicted molar refractivity (Wildman–Crippen MR) is 73.1 cm³/mol. The standard InChI is InChI=1S/C14H24N2O4/c1-20-7-3-6-11(15)13(17)16-8-9-4-2-5-10(9)12(16)14(18)19/h9-12H,2-8,15H2,1H3,(H,18,19). The number of hydrogen-bond donors (Lipinski definition) is 2. The second kappa shape index (κ2) is 6.54. The smallest absolute Gasteiger partial charge is 0.326 e. The van der Waals surface area contributed by atoms with Crippen molar-refractivity contribution in [1.82, 2.24) is 4.90 Å². The maximum Gasteiger partial charge on any atom is 0.326 e. The first-order valence-electron chi connectivity index (χ1n) is 7.34. The summed E-state index contributed by atoms with van der Waals surface area (Å²) < 4.78 is 4.94. The third-order valence-electron chi connectivity index (χ3n) is 4.61. The van der Waals surface area contributed by atoms with Gasteiger partial charge in [-0.3, -0.25) is 4.79 Å². The fourth-order valence-electron chi connectivity index (χ4n) is 3.63. The number of rotatable bonds is 6. The SMILES string of the molecule is COCCCC(N)C(=O)N1CC2CCCC2C1C(=O)O. The highest BCUT2D eigenvalue weighted by Crippen LogP contribution is 2.42. The number of carbonyl (C=O) groups is 2. The van der Waals surface area contributed by atoms with Crippen LogP contribution in [0.3, 0.4) is 0 Å². The molecule has 0 spiro atoms. The van der Waals surface area contributed by atoms with Crippen molar-refractivity contribution in [3.63, 3.8) is 0 Å². The molecule has 1 aliphatic carbocycles. The van der Waals surface area contributed by atoms with Gasteiger partial charge >= 0.3 is 5.97 Å². The van der Waals surface area contributed by atoms with Crippen LogP contribution in [-0.2, 0) is 14.3 Å². The Balaban J connectivity index is 1.99. The highest BCUT2D eigenvalue weighted by molar-refractivity contribution is 5.87. The highest BCUT2D eigenvalue weighted by Gasteiger charge is 2.50. The lowest BCUT2D eigenvalue weighted by Gasteiger charge is -2.27. The van der Waals surface area contributed by atoms with E-state index in [0.29, 0.717) is 31.9 Å². The van der Waals surface area contributed by atoms with E-state index in [2.05, 4.69) is 0 Å². The highest BCUT2D eigenvalue weighted by atomic mass is 16.5. The average molecular weight is 284 g/mol. The summed E-state index contributed by atoms with van der Waals surface area (Å²) in [6, 6.07) is -1.30. The predicted octanol–water partition coefficient (Wildman–Crippen LogP) is 0.452. The van der Waals surface area contributed by atoms with Crippen molar-refractivity contribution in [1.29, 1.82) is 0 Å². The van der Waals surface area contributed by atoms with Crippen LogP contribution in [0.15, 0.2) is 0 Å². The molecule has 0 aromatic carbocycles. The number of ether oxygens (including phenoxy) is 1. The minimum Gasteiger partial charge on any atom is -0.480 e. The van der Waals surface area contributed by atoms with Gasteiger partial charge in [0.2, 0.25) is 5.91 Å². The minimum absolute atomic E-state index is 0.114. The Morgan fingerprint density at radius 1 is 1.45 bits per heavy atom. The molecular weight excluding hydrogens is 260 g/mol. The van der Waals surface area contributed by atoms with Gasteiger partial charge in [0.1, 0.15) is 6.04 Å². The van der Waals surface area contributed by atoms with Gasteiger partial charge in [-0.2, -0.15) is 0 Å². The number of likely N-dealkylation sites (tertiary alicyclic amines) is 1. The number of hydrogen-bond acceptors (Lipinski definition) is 4. The van der Waals surface area contributed by atoms with E-state index in [0.717, 1.165) is 19.3 Å². The Labute approximate surface area is 119 Å². The summed E-state index contributed by atoms with van der Waals surface area (Å²) in [5.74, 6) is -0.659. The van der Waals surface area contributed by atoms with E-state index in [1.54, 1.807) is 7.11 Å². The van der Waals surface area contributed by atoms with Crippen LogP contribution >= 0.6 is 0 Å². The van der Waals surface area contributed by atoms with E-state index >= 15 is 0 Å². The molecule has 114 valence electrons. The number of nitrogens with two attached hydrogens (primary N) is 1. The van der Waals surface area contributed by atoms with E-state index in [1.165, 1.54) is 4.90 Å². The van der Waals surface area contributed by atoms with E-state index < -0.39 is 18.1 Å². The third kappa shape index (κ3) is 2.96. The Bertz CT molecular complexity index is 374. The van der Waals surface area contributed by atoms with Crippen LogP contribution in [0.2, 0.25) is 0 Å². The molecule has 0 bridgehead atoms. The molecule has 0 aromatic heterocycles. The molecule has 3 N–H and O–H groups in total. The molecule has 1 saturated carbocycles. The van der Waals surface area contributed by atoms with Crippen LogP contribution < -0.4 is 5.73 Å². The van der Waals surface area contributed by atoms with Crippen LogP contribution in [0.25, 0.3) is 0 Å². The molecule has 2 rings (SSSR count). The number of aliphatic carboxylic acids is 1. The summed E-state index contributed by atoms with van der Waals surface area (Å²) in [5.41, 5.74) is 5.91. The lowest BCUT2D eigenvalue weighted by Crippen LogP contribution is -2.50. The molecule has 6 heteroatoms. The molecule has 1 amide bonds. The van der Waals surface area contributed by atoms with Crippen LogP contribution in [0, 0.1) is 11.8 Å². The quantitative estimate of drug-likeness (QED) is 0.691. The third-order valence-corrected chi connectivity index (χ3v) is 4.61. The van der Waals surface area contributed by atoms with Crippen molar-refractivity contribution < 1.29 is 19.4 Å². The summed E-state index contributed by atoms with van der Waals surface area (Å²) in [5, 5.41) is 9.42. The summed E-state index contributed by atoms with van der Waals surface area (Å²) >= 11 is 0. The summed E-state index contributed by atoms with van der Waals surface area (Å²) in [6.07, 6.45) is 4.25. The van der Waals surface area contributed by atoms with Gasteiger partial charge in [0.15, 0.2) is 0 Å². The van der Waals surface area contributed by atoms with Gasteiger partial charge < -0.3 is 20.5 Å². The molecule has 1 heterocycles. The molecule has 2 fully saturated rings. The Hall–Kier alpha value is -1.14. The normalized spacial score (nSPS) is 30.3. The van der Waals surface area contributed by atoms with Crippen molar-refractivity contribution in [2.24, 2.45) is 17.6 Å². The fraction of sp³-hybridized carbons (Fsp3) is 0.857. The Kier molecular flexibility index (Phi) is 4.99. The molecule has 6 nitrogen and oxygen atoms in total. The molecule has 0 radical (unpaired) electrons. The fourth-order valence-corrected chi connectivity index (χ4v) is 3.63. The second-order valence-corrected chi connectivity index (χ2v) is 5.87. The van der Waals surface area contributed by atoms with Crippen molar-refractivity contribution in [3.8, 4) is 0 Å². The number of methoxy groups -OCH3 is 1.